The molecule has 0 spiro atoms. The van der Waals surface area contributed by atoms with Gasteiger partial charge in [0.05, 0.1) is 25.3 Å². The Balaban J connectivity index is 1.85. The maximum Gasteiger partial charge on any atom is 0.263 e. The number of aryl methyl sites for hydroxylation is 1. The minimum Gasteiger partial charge on any atom is -0.479 e. The van der Waals surface area contributed by atoms with E-state index in [0.717, 1.165) is 11.9 Å². The average Bonchev–Trinajstić information content (AvgIpc) is 3.19. The van der Waals surface area contributed by atoms with Crippen LogP contribution in [0.3, 0.4) is 0 Å². The zero-order valence-electron chi connectivity index (χ0n) is 17.7. The molecule has 0 radical (unpaired) electrons. The summed E-state index contributed by atoms with van der Waals surface area (Å²) in [6, 6.07) is 6.78. The predicted molar refractivity (Wildman–Crippen MR) is 117 cm³/mol. The second kappa shape index (κ2) is 9.16. The Labute approximate surface area is 179 Å². The van der Waals surface area contributed by atoms with Crippen LogP contribution in [0.5, 0.6) is 5.88 Å². The van der Waals surface area contributed by atoms with Crippen molar-refractivity contribution >= 4 is 23.9 Å². The summed E-state index contributed by atoms with van der Waals surface area (Å²) >= 11 is 0. The van der Waals surface area contributed by atoms with Crippen molar-refractivity contribution in [1.29, 1.82) is 10.8 Å². The fraction of sp³-hybridized carbons (Fsp3) is 0.238. The number of rotatable bonds is 7. The number of nitrogens with one attached hydrogen (secondary N) is 3. The Kier molecular flexibility index (Phi) is 6.39. The van der Waals surface area contributed by atoms with Crippen molar-refractivity contribution in [2.45, 2.75) is 26.8 Å². The number of nitrogens with zero attached hydrogens (tertiary/aromatic N) is 5. The largest absolute Gasteiger partial charge is 0.479 e. The van der Waals surface area contributed by atoms with Gasteiger partial charge in [-0.05, 0) is 44.5 Å². The third kappa shape index (κ3) is 4.74. The molecule has 0 aliphatic carbocycles. The normalized spacial score (nSPS) is 10.6. The quantitative estimate of drug-likeness (QED) is 0.398. The molecule has 3 aromatic heterocycles. The van der Waals surface area contributed by atoms with Gasteiger partial charge in [-0.3, -0.25) is 20.6 Å². The molecule has 31 heavy (non-hydrogen) atoms. The van der Waals surface area contributed by atoms with Crippen molar-refractivity contribution in [1.82, 2.24) is 24.6 Å². The summed E-state index contributed by atoms with van der Waals surface area (Å²) in [6.07, 6.45) is 6.01. The van der Waals surface area contributed by atoms with Crippen LogP contribution in [-0.4, -0.2) is 55.9 Å². The van der Waals surface area contributed by atoms with E-state index in [1.165, 1.54) is 16.7 Å². The molecule has 0 aromatic carbocycles. The first-order chi connectivity index (χ1) is 14.8. The zero-order chi connectivity index (χ0) is 22.5. The predicted octanol–water partition coefficient (Wildman–Crippen LogP) is 2.87. The van der Waals surface area contributed by atoms with Gasteiger partial charge in [-0.25, -0.2) is 9.67 Å². The summed E-state index contributed by atoms with van der Waals surface area (Å²) in [4.78, 5) is 22.8. The maximum absolute atomic E-state index is 12.9. The van der Waals surface area contributed by atoms with Crippen LogP contribution in [0.25, 0.3) is 5.69 Å². The van der Waals surface area contributed by atoms with Gasteiger partial charge in [0.2, 0.25) is 5.88 Å². The van der Waals surface area contributed by atoms with Crippen LogP contribution < -0.4 is 10.1 Å². The van der Waals surface area contributed by atoms with E-state index in [9.17, 15) is 4.79 Å². The molecule has 3 N–H and O–H groups in total. The van der Waals surface area contributed by atoms with Crippen LogP contribution in [0.1, 0.15) is 35.5 Å². The average molecular weight is 420 g/mol. The Morgan fingerprint density at radius 2 is 2.10 bits per heavy atom. The molecule has 0 aliphatic heterocycles. The van der Waals surface area contributed by atoms with Gasteiger partial charge in [-0.2, -0.15) is 0 Å². The van der Waals surface area contributed by atoms with Gasteiger partial charge in [0, 0.05) is 18.4 Å². The lowest BCUT2D eigenvalue weighted by molar-refractivity contribution is 0.102. The highest BCUT2D eigenvalue weighted by atomic mass is 16.5. The summed E-state index contributed by atoms with van der Waals surface area (Å²) in [5.41, 5.74) is 2.23. The van der Waals surface area contributed by atoms with Crippen LogP contribution in [0.2, 0.25) is 0 Å². The molecule has 3 heterocycles. The summed E-state index contributed by atoms with van der Waals surface area (Å²) in [7, 11) is 1.44. The molecule has 3 rings (SSSR count). The monoisotopic (exact) mass is 420 g/mol. The van der Waals surface area contributed by atoms with E-state index in [1.807, 2.05) is 26.8 Å². The molecule has 0 saturated heterocycles. The van der Waals surface area contributed by atoms with Crippen molar-refractivity contribution in [3.63, 3.8) is 0 Å². The third-order valence-corrected chi connectivity index (χ3v) is 4.43. The number of methoxy groups -OCH3 is 1. The number of carbonyl (C=O) groups is 1. The van der Waals surface area contributed by atoms with Crippen molar-refractivity contribution in [2.75, 3.05) is 12.4 Å². The van der Waals surface area contributed by atoms with Gasteiger partial charge in [0.15, 0.2) is 5.84 Å². The molecule has 10 heteroatoms. The summed E-state index contributed by atoms with van der Waals surface area (Å²) in [6.45, 7) is 5.66. The van der Waals surface area contributed by atoms with Crippen LogP contribution >= 0.6 is 0 Å². The standard InChI is InChI=1S/C21H24N8O2/c1-13(2)28(12-22)19(23)17-6-5-7-18(25-17)26-20(30)16-11-29(27-21(16)31-4)15-8-14(3)9-24-10-15/h5-13,22-23H,1-4H3,(H,25,26,30). The molecule has 0 aliphatic rings. The summed E-state index contributed by atoms with van der Waals surface area (Å²) in [5.74, 6) is 0.0526. The molecular weight excluding hydrogens is 396 g/mol. The van der Waals surface area contributed by atoms with Crippen LogP contribution in [0, 0.1) is 17.7 Å². The number of pyridine rings is 2. The van der Waals surface area contributed by atoms with Crippen LogP contribution in [-0.2, 0) is 0 Å². The van der Waals surface area contributed by atoms with E-state index in [4.69, 9.17) is 15.6 Å². The Hall–Kier alpha value is -4.08. The Morgan fingerprint density at radius 1 is 1.32 bits per heavy atom. The lowest BCUT2D eigenvalue weighted by atomic mass is 10.2. The molecule has 0 atom stereocenters. The molecule has 160 valence electrons. The number of amides is 1. The molecule has 0 unspecified atom stereocenters. The minimum atomic E-state index is -0.451. The van der Waals surface area contributed by atoms with Crippen LogP contribution in [0.15, 0.2) is 42.9 Å². The molecule has 1 amide bonds. The van der Waals surface area contributed by atoms with Gasteiger partial charge < -0.3 is 15.0 Å². The topological polar surface area (TPSA) is 133 Å². The van der Waals surface area contributed by atoms with Gasteiger partial charge in [-0.1, -0.05) is 6.07 Å². The number of amidine groups is 1. The van der Waals surface area contributed by atoms with Crippen molar-refractivity contribution < 1.29 is 9.53 Å². The van der Waals surface area contributed by atoms with Gasteiger partial charge in [0.25, 0.3) is 5.91 Å². The van der Waals surface area contributed by atoms with E-state index in [-0.39, 0.29) is 29.1 Å². The molecule has 3 aromatic rings. The van der Waals surface area contributed by atoms with E-state index >= 15 is 0 Å². The molecular formula is C21H24N8O2. The first kappa shape index (κ1) is 21.6. The maximum atomic E-state index is 12.9. The second-order valence-electron chi connectivity index (χ2n) is 7.06. The molecule has 10 nitrogen and oxygen atoms in total. The van der Waals surface area contributed by atoms with Crippen molar-refractivity contribution in [3.05, 3.63) is 59.7 Å². The van der Waals surface area contributed by atoms with Gasteiger partial charge in [0.1, 0.15) is 17.1 Å². The lowest BCUT2D eigenvalue weighted by Gasteiger charge is -2.23. The van der Waals surface area contributed by atoms with E-state index < -0.39 is 5.91 Å². The van der Waals surface area contributed by atoms with Crippen molar-refractivity contribution in [2.24, 2.45) is 0 Å². The summed E-state index contributed by atoms with van der Waals surface area (Å²) in [5, 5.41) is 22.8. The van der Waals surface area contributed by atoms with E-state index in [1.54, 1.807) is 36.8 Å². The highest BCUT2D eigenvalue weighted by Crippen LogP contribution is 2.20. The zero-order valence-corrected chi connectivity index (χ0v) is 17.7. The highest BCUT2D eigenvalue weighted by Gasteiger charge is 2.20. The van der Waals surface area contributed by atoms with Crippen LogP contribution in [0.4, 0.5) is 5.82 Å². The Morgan fingerprint density at radius 3 is 2.74 bits per heavy atom. The van der Waals surface area contributed by atoms with E-state index in [2.05, 4.69) is 20.4 Å². The molecule has 0 fully saturated rings. The second-order valence-corrected chi connectivity index (χ2v) is 7.06. The fourth-order valence-corrected chi connectivity index (χ4v) is 2.89. The number of hydrogen-bond acceptors (Lipinski definition) is 7. The molecule has 0 bridgehead atoms. The number of carbonyl (C=O) groups excluding carboxylic acids is 1. The molecule has 0 saturated carbocycles. The highest BCUT2D eigenvalue weighted by molar-refractivity contribution is 6.06. The first-order valence-corrected chi connectivity index (χ1v) is 9.56. The lowest BCUT2D eigenvalue weighted by Crippen LogP contribution is -2.36. The summed E-state index contributed by atoms with van der Waals surface area (Å²) < 4.78 is 6.80. The fourth-order valence-electron chi connectivity index (χ4n) is 2.89. The minimum absolute atomic E-state index is 0.0680. The first-order valence-electron chi connectivity index (χ1n) is 9.56. The van der Waals surface area contributed by atoms with E-state index in [0.29, 0.717) is 11.4 Å². The number of anilines is 1. The number of hydrogen-bond donors (Lipinski definition) is 3. The SMILES string of the molecule is COc1nn(-c2cncc(C)c2)cc1C(=O)Nc1cccc(C(=N)N(C=N)C(C)C)n1. The number of aromatic nitrogens is 4. The van der Waals surface area contributed by atoms with Gasteiger partial charge >= 0.3 is 0 Å². The number of ether oxygens (including phenoxy) is 1. The Bertz CT molecular complexity index is 1120. The van der Waals surface area contributed by atoms with Crippen molar-refractivity contribution in [3.8, 4) is 11.6 Å². The smallest absolute Gasteiger partial charge is 0.263 e. The van der Waals surface area contributed by atoms with Gasteiger partial charge in [-0.15, -0.1) is 5.10 Å². The third-order valence-electron chi connectivity index (χ3n) is 4.43.